The van der Waals surface area contributed by atoms with Gasteiger partial charge in [0.25, 0.3) is 0 Å². The first-order valence-corrected chi connectivity index (χ1v) is 10.2. The van der Waals surface area contributed by atoms with Crippen LogP contribution in [0, 0.1) is 17.8 Å². The number of H-pyrrole nitrogens is 1. The lowest BCUT2D eigenvalue weighted by Crippen LogP contribution is -2.49. The minimum absolute atomic E-state index is 0.139. The van der Waals surface area contributed by atoms with E-state index in [-0.39, 0.29) is 5.97 Å². The Morgan fingerprint density at radius 1 is 1.31 bits per heavy atom. The molecule has 0 bridgehead atoms. The van der Waals surface area contributed by atoms with Crippen LogP contribution in [0.3, 0.4) is 0 Å². The fourth-order valence-corrected chi connectivity index (χ4v) is 5.91. The number of carbonyl (C=O) groups excluding carboxylic acids is 1. The van der Waals surface area contributed by atoms with Crippen LogP contribution in [0.1, 0.15) is 49.9 Å². The Morgan fingerprint density at radius 2 is 2.19 bits per heavy atom. The quantitative estimate of drug-likeness (QED) is 0.829. The highest BCUT2D eigenvalue weighted by Gasteiger charge is 2.44. The summed E-state index contributed by atoms with van der Waals surface area (Å²) >= 11 is 0. The number of carbonyl (C=O) groups is 1. The van der Waals surface area contributed by atoms with Gasteiger partial charge in [0.15, 0.2) is 0 Å². The molecular formula is C22H28N2O2. The number of benzene rings is 1. The zero-order chi connectivity index (χ0) is 17.7. The Labute approximate surface area is 154 Å². The molecule has 5 rings (SSSR count). The number of nitrogens with one attached hydrogen (secondary N) is 1. The summed E-state index contributed by atoms with van der Waals surface area (Å²) in [5.41, 5.74) is 4.27. The molecular weight excluding hydrogens is 324 g/mol. The van der Waals surface area contributed by atoms with Crippen LogP contribution < -0.4 is 0 Å². The number of esters is 1. The predicted octanol–water partition coefficient (Wildman–Crippen LogP) is 4.07. The van der Waals surface area contributed by atoms with E-state index < -0.39 is 0 Å². The number of piperidine rings is 1. The van der Waals surface area contributed by atoms with E-state index in [0.717, 1.165) is 12.3 Å². The lowest BCUT2D eigenvalue weighted by molar-refractivity contribution is -0.144. The van der Waals surface area contributed by atoms with Gasteiger partial charge in [0.05, 0.1) is 12.6 Å². The maximum absolute atomic E-state index is 11.3. The molecule has 26 heavy (non-hydrogen) atoms. The monoisotopic (exact) mass is 352 g/mol. The van der Waals surface area contributed by atoms with Crippen LogP contribution in [0.5, 0.6) is 0 Å². The molecule has 1 aliphatic carbocycles. The average Bonchev–Trinajstić information content (AvgIpc) is 3.04. The number of hydrogen-bond acceptors (Lipinski definition) is 3. The summed E-state index contributed by atoms with van der Waals surface area (Å²) < 4.78 is 5.42. The third-order valence-corrected chi connectivity index (χ3v) is 7.10. The lowest BCUT2D eigenvalue weighted by Gasteiger charge is -2.50. The first-order chi connectivity index (χ1) is 12.7. The fraction of sp³-hybridized carbons (Fsp3) is 0.591. The van der Waals surface area contributed by atoms with E-state index in [4.69, 9.17) is 4.74 Å². The highest BCUT2D eigenvalue weighted by Crippen LogP contribution is 2.49. The third kappa shape index (κ3) is 2.66. The summed E-state index contributed by atoms with van der Waals surface area (Å²) in [6, 6.07) is 9.24. The van der Waals surface area contributed by atoms with Crippen LogP contribution in [-0.2, 0) is 16.0 Å². The van der Waals surface area contributed by atoms with Crippen molar-refractivity contribution in [1.82, 2.24) is 9.88 Å². The SMILES string of the molecule is CC(=O)OC[C@@H]1CCCC2CN3CCc4c([nH]c5ccccc45)[C@@H]3C[C@@H]21. The molecule has 1 N–H and O–H groups in total. The second-order valence-corrected chi connectivity index (χ2v) is 8.48. The van der Waals surface area contributed by atoms with Gasteiger partial charge in [0.1, 0.15) is 0 Å². The number of aromatic nitrogens is 1. The maximum Gasteiger partial charge on any atom is 0.302 e. The molecule has 0 amide bonds. The van der Waals surface area contributed by atoms with Crippen LogP contribution in [-0.4, -0.2) is 35.5 Å². The van der Waals surface area contributed by atoms with Crippen molar-refractivity contribution < 1.29 is 9.53 Å². The van der Waals surface area contributed by atoms with Gasteiger partial charge in [0, 0.05) is 36.6 Å². The largest absolute Gasteiger partial charge is 0.466 e. The van der Waals surface area contributed by atoms with Crippen LogP contribution in [0.25, 0.3) is 10.9 Å². The smallest absolute Gasteiger partial charge is 0.302 e. The van der Waals surface area contributed by atoms with Crippen molar-refractivity contribution in [2.45, 2.75) is 45.1 Å². The molecule has 3 aliphatic rings. The van der Waals surface area contributed by atoms with Crippen molar-refractivity contribution in [2.24, 2.45) is 17.8 Å². The van der Waals surface area contributed by atoms with Crippen LogP contribution in [0.15, 0.2) is 24.3 Å². The van der Waals surface area contributed by atoms with Gasteiger partial charge in [0.2, 0.25) is 0 Å². The molecule has 2 aliphatic heterocycles. The molecule has 1 saturated carbocycles. The van der Waals surface area contributed by atoms with Crippen molar-refractivity contribution in [2.75, 3.05) is 19.7 Å². The average molecular weight is 352 g/mol. The van der Waals surface area contributed by atoms with Gasteiger partial charge in [-0.15, -0.1) is 0 Å². The highest BCUT2D eigenvalue weighted by atomic mass is 16.5. The van der Waals surface area contributed by atoms with Gasteiger partial charge in [-0.3, -0.25) is 9.69 Å². The Balaban J connectivity index is 1.44. The summed E-state index contributed by atoms with van der Waals surface area (Å²) in [5.74, 6) is 1.85. The van der Waals surface area contributed by atoms with Gasteiger partial charge < -0.3 is 9.72 Å². The molecule has 4 atom stereocenters. The van der Waals surface area contributed by atoms with E-state index >= 15 is 0 Å². The first-order valence-electron chi connectivity index (χ1n) is 10.2. The van der Waals surface area contributed by atoms with Gasteiger partial charge >= 0.3 is 5.97 Å². The molecule has 1 saturated heterocycles. The summed E-state index contributed by atoms with van der Waals surface area (Å²) in [6.45, 7) is 4.53. The minimum Gasteiger partial charge on any atom is -0.466 e. The van der Waals surface area contributed by atoms with E-state index in [1.807, 2.05) is 0 Å². The van der Waals surface area contributed by atoms with Gasteiger partial charge in [-0.2, -0.15) is 0 Å². The van der Waals surface area contributed by atoms with Gasteiger partial charge in [-0.05, 0) is 55.1 Å². The number of para-hydroxylation sites is 1. The summed E-state index contributed by atoms with van der Waals surface area (Å²) in [4.78, 5) is 17.8. The van der Waals surface area contributed by atoms with Crippen LogP contribution in [0.2, 0.25) is 0 Å². The highest BCUT2D eigenvalue weighted by molar-refractivity contribution is 5.85. The number of hydrogen-bond donors (Lipinski definition) is 1. The Bertz CT molecular complexity index is 827. The second-order valence-electron chi connectivity index (χ2n) is 8.48. The molecule has 1 aromatic heterocycles. The Hall–Kier alpha value is -1.81. The number of rotatable bonds is 2. The predicted molar refractivity (Wildman–Crippen MR) is 102 cm³/mol. The zero-order valence-electron chi connectivity index (χ0n) is 15.5. The third-order valence-electron chi connectivity index (χ3n) is 7.10. The molecule has 4 nitrogen and oxygen atoms in total. The summed E-state index contributed by atoms with van der Waals surface area (Å²) in [7, 11) is 0. The van der Waals surface area contributed by atoms with Crippen molar-refractivity contribution in [3.05, 3.63) is 35.5 Å². The molecule has 1 unspecified atom stereocenters. The summed E-state index contributed by atoms with van der Waals surface area (Å²) in [6.07, 6.45) is 6.19. The molecule has 0 spiro atoms. The topological polar surface area (TPSA) is 45.3 Å². The molecule has 0 radical (unpaired) electrons. The normalized spacial score (nSPS) is 31.1. The Kier molecular flexibility index (Phi) is 4.04. The first kappa shape index (κ1) is 16.4. The van der Waals surface area contributed by atoms with Crippen molar-refractivity contribution in [3.8, 4) is 0 Å². The zero-order valence-corrected chi connectivity index (χ0v) is 15.5. The van der Waals surface area contributed by atoms with Crippen LogP contribution in [0.4, 0.5) is 0 Å². The van der Waals surface area contributed by atoms with Gasteiger partial charge in [-0.1, -0.05) is 24.6 Å². The minimum atomic E-state index is -0.139. The van der Waals surface area contributed by atoms with E-state index in [1.54, 1.807) is 0 Å². The fourth-order valence-electron chi connectivity index (χ4n) is 5.91. The van der Waals surface area contributed by atoms with E-state index in [2.05, 4.69) is 34.1 Å². The number of ether oxygens (including phenoxy) is 1. The molecule has 2 aromatic rings. The molecule has 3 heterocycles. The second kappa shape index (κ2) is 6.41. The molecule has 138 valence electrons. The summed E-state index contributed by atoms with van der Waals surface area (Å²) in [5, 5.41) is 1.41. The number of nitrogens with zero attached hydrogens (tertiary/aromatic N) is 1. The van der Waals surface area contributed by atoms with Gasteiger partial charge in [-0.25, -0.2) is 0 Å². The van der Waals surface area contributed by atoms with Crippen molar-refractivity contribution >= 4 is 16.9 Å². The molecule has 4 heteroatoms. The van der Waals surface area contributed by atoms with Crippen LogP contribution >= 0.6 is 0 Å². The van der Waals surface area contributed by atoms with E-state index in [1.165, 1.54) is 67.9 Å². The Morgan fingerprint density at radius 3 is 3.08 bits per heavy atom. The number of aromatic amines is 1. The molecule has 1 aromatic carbocycles. The van der Waals surface area contributed by atoms with Crippen molar-refractivity contribution in [3.63, 3.8) is 0 Å². The lowest BCUT2D eigenvalue weighted by atomic mass is 9.66. The standard InChI is InChI=1S/C22H28N2O2/c1-14(25)26-13-16-6-4-5-15-12-24-10-9-18-17-7-2-3-8-20(17)23-22(18)21(24)11-19(15)16/h2-3,7-8,15-16,19,21,23H,4-6,9-13H2,1H3/t15?,16-,19-,21-/m0/s1. The molecule has 2 fully saturated rings. The van der Waals surface area contributed by atoms with E-state index in [9.17, 15) is 4.79 Å². The van der Waals surface area contributed by atoms with Crippen molar-refractivity contribution in [1.29, 1.82) is 0 Å². The number of fused-ring (bicyclic) bond motifs is 6. The van der Waals surface area contributed by atoms with E-state index in [0.29, 0.717) is 24.5 Å². The maximum atomic E-state index is 11.3.